The first kappa shape index (κ1) is 67.9. The maximum absolute atomic E-state index is 13.1. The molecule has 1 heterocycles. The number of aliphatic hydroxyl groups is 2. The second-order valence-electron chi connectivity index (χ2n) is 18.4. The number of rotatable bonds is 45. The van der Waals surface area contributed by atoms with E-state index >= 15 is 0 Å². The molecule has 0 aromatic heterocycles. The lowest BCUT2D eigenvalue weighted by atomic mass is 9.98. The minimum atomic E-state index is -1.93. The number of carboxylic acid groups (broad SMARTS) is 1. The third-order valence-electron chi connectivity index (χ3n) is 11.7. The second-order valence-corrected chi connectivity index (χ2v) is 18.4. The van der Waals surface area contributed by atoms with Crippen LogP contribution in [0, 0.1) is 0 Å². The third-order valence-corrected chi connectivity index (χ3v) is 11.7. The molecule has 6 unspecified atom stereocenters. The van der Waals surface area contributed by atoms with Crippen LogP contribution in [0.3, 0.4) is 0 Å². The van der Waals surface area contributed by atoms with E-state index in [1.165, 1.54) is 12.8 Å². The van der Waals surface area contributed by atoms with Gasteiger partial charge in [-0.2, -0.15) is 0 Å². The Kier molecular flexibility index (Phi) is 45.0. The Hall–Kier alpha value is -5.14. The summed E-state index contributed by atoms with van der Waals surface area (Å²) in [7, 11) is 0. The van der Waals surface area contributed by atoms with Crippen molar-refractivity contribution >= 4 is 23.9 Å². The first-order chi connectivity index (χ1) is 36.6. The van der Waals surface area contributed by atoms with Gasteiger partial charge in [0.15, 0.2) is 24.6 Å². The van der Waals surface area contributed by atoms with E-state index in [4.69, 9.17) is 23.7 Å². The number of ether oxygens (including phenoxy) is 5. The second kappa shape index (κ2) is 49.7. The standard InChI is InChI=1S/C63H96O12/c1-4-7-10-13-16-19-22-24-26-28-30-32-35-37-40-43-46-49-55(64)71-52-54(73-56(65)50-47-44-41-39-36-33-31-29-27-25-23-20-17-14-11-8-5-2)53-72-63-61(59(68)58(67)60(75-63)62(69)70)74-57(66)51-48-45-42-38-34-21-18-15-12-9-6-3/h7-8,10-11,15-20,24-27,30-33,37,39-41,54,58-61,63,67-68H,4-6,9,12-14,21-23,28-29,34-36,38,42-53H2,1-3H3,(H,69,70)/b10-7-,11-8-,18-15-,19-16-,20-17-,26-24-,27-25-,32-30-,33-31-,40-37-,41-39-. The number of esters is 3. The van der Waals surface area contributed by atoms with E-state index in [0.29, 0.717) is 32.1 Å². The van der Waals surface area contributed by atoms with Gasteiger partial charge in [0.05, 0.1) is 6.61 Å². The van der Waals surface area contributed by atoms with Crippen molar-refractivity contribution in [1.29, 1.82) is 0 Å². The molecule has 0 radical (unpaired) electrons. The number of aliphatic hydroxyl groups excluding tert-OH is 2. The van der Waals surface area contributed by atoms with E-state index in [2.05, 4.69) is 130 Å². The number of hydrogen-bond acceptors (Lipinski definition) is 11. The molecule has 0 aromatic carbocycles. The van der Waals surface area contributed by atoms with Gasteiger partial charge in [0.2, 0.25) is 0 Å². The molecule has 0 bridgehead atoms. The van der Waals surface area contributed by atoms with E-state index in [9.17, 15) is 34.5 Å². The highest BCUT2D eigenvalue weighted by atomic mass is 16.7. The molecule has 1 saturated heterocycles. The van der Waals surface area contributed by atoms with Crippen LogP contribution in [-0.4, -0.2) is 89.2 Å². The molecule has 1 fully saturated rings. The summed E-state index contributed by atoms with van der Waals surface area (Å²) in [5.74, 6) is -3.32. The number of carbonyl (C=O) groups is 4. The normalized spacial score (nSPS) is 19.2. The number of hydrogen-bond donors (Lipinski definition) is 3. The van der Waals surface area contributed by atoms with Crippen molar-refractivity contribution in [3.05, 3.63) is 134 Å². The summed E-state index contributed by atoms with van der Waals surface area (Å²) in [5, 5.41) is 31.4. The molecule has 0 spiro atoms. The molecule has 1 aliphatic rings. The summed E-state index contributed by atoms with van der Waals surface area (Å²) in [6.07, 6.45) is 57.3. The summed E-state index contributed by atoms with van der Waals surface area (Å²) in [6, 6.07) is 0. The van der Waals surface area contributed by atoms with E-state index < -0.39 is 67.3 Å². The molecule has 0 saturated carbocycles. The number of allylic oxidation sites excluding steroid dienone is 22. The highest BCUT2D eigenvalue weighted by Gasteiger charge is 2.50. The fourth-order valence-corrected chi connectivity index (χ4v) is 7.42. The average Bonchev–Trinajstić information content (AvgIpc) is 3.39. The van der Waals surface area contributed by atoms with E-state index in [0.717, 1.165) is 103 Å². The summed E-state index contributed by atoms with van der Waals surface area (Å²) in [4.78, 5) is 51.0. The monoisotopic (exact) mass is 1040 g/mol. The molecule has 12 heteroatoms. The summed E-state index contributed by atoms with van der Waals surface area (Å²) >= 11 is 0. The lowest BCUT2D eigenvalue weighted by Gasteiger charge is -2.40. The van der Waals surface area contributed by atoms with Crippen molar-refractivity contribution in [2.24, 2.45) is 0 Å². The maximum Gasteiger partial charge on any atom is 0.335 e. The van der Waals surface area contributed by atoms with Crippen LogP contribution >= 0.6 is 0 Å². The molecule has 12 nitrogen and oxygen atoms in total. The van der Waals surface area contributed by atoms with Gasteiger partial charge in [-0.15, -0.1) is 0 Å². The van der Waals surface area contributed by atoms with Gasteiger partial charge >= 0.3 is 23.9 Å². The van der Waals surface area contributed by atoms with Gasteiger partial charge in [0.25, 0.3) is 0 Å². The van der Waals surface area contributed by atoms with Crippen LogP contribution in [0.5, 0.6) is 0 Å². The third kappa shape index (κ3) is 39.9. The predicted molar refractivity (Wildman–Crippen MR) is 303 cm³/mol. The van der Waals surface area contributed by atoms with Crippen LogP contribution in [0.2, 0.25) is 0 Å². The highest BCUT2D eigenvalue weighted by molar-refractivity contribution is 5.74. The number of carboxylic acids is 1. The highest BCUT2D eigenvalue weighted by Crippen LogP contribution is 2.26. The van der Waals surface area contributed by atoms with Crippen molar-refractivity contribution in [2.45, 2.75) is 225 Å². The molecule has 1 rings (SSSR count). The molecule has 0 amide bonds. The zero-order chi connectivity index (χ0) is 54.7. The maximum atomic E-state index is 13.1. The molecule has 0 aliphatic carbocycles. The van der Waals surface area contributed by atoms with Crippen molar-refractivity contribution in [2.75, 3.05) is 13.2 Å². The lowest BCUT2D eigenvalue weighted by Crippen LogP contribution is -2.61. The number of carbonyl (C=O) groups excluding carboxylic acids is 3. The van der Waals surface area contributed by atoms with Gasteiger partial charge < -0.3 is 39.0 Å². The Labute approximate surface area is 451 Å². The minimum absolute atomic E-state index is 0.0300. The van der Waals surface area contributed by atoms with Crippen LogP contribution in [0.4, 0.5) is 0 Å². The van der Waals surface area contributed by atoms with Crippen molar-refractivity contribution in [1.82, 2.24) is 0 Å². The molecule has 420 valence electrons. The molecule has 75 heavy (non-hydrogen) atoms. The molecular formula is C63H96O12. The van der Waals surface area contributed by atoms with Crippen molar-refractivity contribution in [3.63, 3.8) is 0 Å². The Balaban J connectivity index is 2.80. The van der Waals surface area contributed by atoms with Crippen LogP contribution < -0.4 is 0 Å². The largest absolute Gasteiger partial charge is 0.479 e. The molecule has 3 N–H and O–H groups in total. The summed E-state index contributed by atoms with van der Waals surface area (Å²) < 4.78 is 28.2. The van der Waals surface area contributed by atoms with E-state index in [1.807, 2.05) is 24.3 Å². The molecular weight excluding hydrogens is 949 g/mol. The van der Waals surface area contributed by atoms with Crippen LogP contribution in [-0.2, 0) is 42.9 Å². The Morgan fingerprint density at radius 2 is 0.853 bits per heavy atom. The average molecular weight is 1050 g/mol. The van der Waals surface area contributed by atoms with Gasteiger partial charge in [0.1, 0.15) is 18.8 Å². The minimum Gasteiger partial charge on any atom is -0.479 e. The molecule has 0 aromatic rings. The van der Waals surface area contributed by atoms with E-state index in [-0.39, 0.29) is 25.9 Å². The molecule has 6 atom stereocenters. The lowest BCUT2D eigenvalue weighted by molar-refractivity contribution is -0.301. The first-order valence-electron chi connectivity index (χ1n) is 28.2. The van der Waals surface area contributed by atoms with E-state index in [1.54, 1.807) is 0 Å². The first-order valence-corrected chi connectivity index (χ1v) is 28.2. The van der Waals surface area contributed by atoms with Crippen molar-refractivity contribution in [3.8, 4) is 0 Å². The zero-order valence-electron chi connectivity index (χ0n) is 46.0. The fourth-order valence-electron chi connectivity index (χ4n) is 7.42. The Morgan fingerprint density at radius 3 is 1.33 bits per heavy atom. The van der Waals surface area contributed by atoms with Gasteiger partial charge in [-0.1, -0.05) is 187 Å². The van der Waals surface area contributed by atoms with Gasteiger partial charge in [-0.3, -0.25) is 14.4 Å². The topological polar surface area (TPSA) is 175 Å². The number of aliphatic carboxylic acids is 1. The Morgan fingerprint density at radius 1 is 0.453 bits per heavy atom. The van der Waals surface area contributed by atoms with Crippen LogP contribution in [0.25, 0.3) is 0 Å². The van der Waals surface area contributed by atoms with Gasteiger partial charge in [-0.25, -0.2) is 4.79 Å². The summed E-state index contributed by atoms with van der Waals surface area (Å²) in [5.41, 5.74) is 0. The number of unbranched alkanes of at least 4 members (excludes halogenated alkanes) is 9. The summed E-state index contributed by atoms with van der Waals surface area (Å²) in [6.45, 7) is 5.59. The predicted octanol–water partition coefficient (Wildman–Crippen LogP) is 14.2. The van der Waals surface area contributed by atoms with Gasteiger partial charge in [-0.05, 0) is 116 Å². The van der Waals surface area contributed by atoms with Gasteiger partial charge in [0, 0.05) is 19.3 Å². The smallest absolute Gasteiger partial charge is 0.335 e. The quantitative estimate of drug-likeness (QED) is 0.0228. The van der Waals surface area contributed by atoms with Crippen LogP contribution in [0.15, 0.2) is 134 Å². The Bertz CT molecular complexity index is 1810. The molecule has 1 aliphatic heterocycles. The fraction of sp³-hybridized carbons (Fsp3) is 0.587. The SMILES string of the molecule is CC/C=C\C/C=C\C/C=C\C/C=C\C/C=C\CCCC(=O)OCC(COC1OC(C(=O)O)C(O)C(O)C1OC(=O)CCCCCCC/C=C\CCCC)OC(=O)CCC/C=C\C/C=C\C/C=C\C/C=C\C/C=C\CC. The van der Waals surface area contributed by atoms with Crippen molar-refractivity contribution < 1.29 is 58.2 Å². The zero-order valence-corrected chi connectivity index (χ0v) is 46.0. The van der Waals surface area contributed by atoms with Crippen LogP contribution in [0.1, 0.15) is 188 Å².